The molecule has 0 bridgehead atoms. The van der Waals surface area contributed by atoms with Crippen molar-refractivity contribution in [1.29, 1.82) is 0 Å². The monoisotopic (exact) mass is 202 g/mol. The Bertz CT molecular complexity index is 229. The van der Waals surface area contributed by atoms with Gasteiger partial charge in [-0.2, -0.15) is 0 Å². The summed E-state index contributed by atoms with van der Waals surface area (Å²) in [6.45, 7) is 2.29. The first-order valence-electron chi connectivity index (χ1n) is 4.65. The van der Waals surface area contributed by atoms with E-state index >= 15 is 0 Å². The van der Waals surface area contributed by atoms with Crippen molar-refractivity contribution < 1.29 is 23.7 Å². The highest BCUT2D eigenvalue weighted by atomic mass is 16.6. The van der Waals surface area contributed by atoms with Crippen LogP contribution in [0.3, 0.4) is 0 Å². The van der Waals surface area contributed by atoms with Crippen LogP contribution in [-0.4, -0.2) is 50.7 Å². The van der Waals surface area contributed by atoms with Crippen molar-refractivity contribution in [1.82, 2.24) is 0 Å². The van der Waals surface area contributed by atoms with Crippen LogP contribution in [0.1, 0.15) is 6.92 Å². The van der Waals surface area contributed by atoms with Crippen LogP contribution < -0.4 is 0 Å². The second-order valence-electron chi connectivity index (χ2n) is 3.52. The number of methoxy groups -OCH3 is 1. The van der Waals surface area contributed by atoms with Gasteiger partial charge in [0.25, 0.3) is 0 Å². The molecule has 0 saturated carbocycles. The first-order chi connectivity index (χ1) is 6.72. The molecule has 0 amide bonds. The van der Waals surface area contributed by atoms with Gasteiger partial charge in [-0.1, -0.05) is 0 Å². The third-order valence-corrected chi connectivity index (χ3v) is 2.58. The maximum Gasteiger partial charge on any atom is 0.303 e. The van der Waals surface area contributed by atoms with Gasteiger partial charge in [-0.05, 0) is 0 Å². The standard InChI is InChI=1S/C9H14O5/c1-5(10)14-7-4-13-8-6(11-2)3-12-9(7)8/h6-9H,3-4H2,1-2H3/t6-,7-,8?,9?/m1/s1. The smallest absolute Gasteiger partial charge is 0.303 e. The van der Waals surface area contributed by atoms with Crippen molar-refractivity contribution in [3.8, 4) is 0 Å². The highest BCUT2D eigenvalue weighted by Crippen LogP contribution is 2.30. The molecule has 4 atom stereocenters. The summed E-state index contributed by atoms with van der Waals surface area (Å²) in [5.41, 5.74) is 0. The lowest BCUT2D eigenvalue weighted by Crippen LogP contribution is -2.34. The average Bonchev–Trinajstić information content (AvgIpc) is 2.67. The molecule has 0 spiro atoms. The van der Waals surface area contributed by atoms with Crippen molar-refractivity contribution in [3.63, 3.8) is 0 Å². The van der Waals surface area contributed by atoms with Gasteiger partial charge < -0.3 is 18.9 Å². The minimum atomic E-state index is -0.302. The summed E-state index contributed by atoms with van der Waals surface area (Å²) in [7, 11) is 1.62. The molecule has 0 aromatic heterocycles. The molecule has 0 radical (unpaired) electrons. The Balaban J connectivity index is 1.97. The fraction of sp³-hybridized carbons (Fsp3) is 0.889. The number of carbonyl (C=O) groups is 1. The van der Waals surface area contributed by atoms with Crippen molar-refractivity contribution in [3.05, 3.63) is 0 Å². The Morgan fingerprint density at radius 2 is 1.79 bits per heavy atom. The summed E-state index contributed by atoms with van der Waals surface area (Å²) in [4.78, 5) is 10.8. The molecule has 2 aliphatic rings. The summed E-state index contributed by atoms with van der Waals surface area (Å²) in [5, 5.41) is 0. The van der Waals surface area contributed by atoms with Crippen molar-refractivity contribution in [2.75, 3.05) is 20.3 Å². The van der Waals surface area contributed by atoms with Gasteiger partial charge in [0.15, 0.2) is 6.10 Å². The highest BCUT2D eigenvalue weighted by Gasteiger charge is 2.49. The first-order valence-corrected chi connectivity index (χ1v) is 4.65. The second kappa shape index (κ2) is 3.84. The average molecular weight is 202 g/mol. The lowest BCUT2D eigenvalue weighted by Gasteiger charge is -2.15. The van der Waals surface area contributed by atoms with Crippen molar-refractivity contribution in [2.45, 2.75) is 31.3 Å². The highest BCUT2D eigenvalue weighted by molar-refractivity contribution is 5.66. The molecule has 2 saturated heterocycles. The number of hydrogen-bond donors (Lipinski definition) is 0. The number of ether oxygens (including phenoxy) is 4. The summed E-state index contributed by atoms with van der Waals surface area (Å²) in [6, 6.07) is 0. The largest absolute Gasteiger partial charge is 0.457 e. The van der Waals surface area contributed by atoms with E-state index in [0.717, 1.165) is 0 Å². The van der Waals surface area contributed by atoms with Gasteiger partial charge in [-0.25, -0.2) is 0 Å². The quantitative estimate of drug-likeness (QED) is 0.577. The van der Waals surface area contributed by atoms with Gasteiger partial charge in [0.2, 0.25) is 0 Å². The normalized spacial score (nSPS) is 41.0. The Morgan fingerprint density at radius 3 is 2.36 bits per heavy atom. The predicted molar refractivity (Wildman–Crippen MR) is 45.8 cm³/mol. The molecule has 2 unspecified atom stereocenters. The van der Waals surface area contributed by atoms with Crippen LogP contribution in [0.4, 0.5) is 0 Å². The predicted octanol–water partition coefficient (Wildman–Crippen LogP) is -0.269. The SMILES string of the molecule is CO[C@@H]1COC2C1OC[C@H]2OC(C)=O. The van der Waals surface area contributed by atoms with Gasteiger partial charge in [0.05, 0.1) is 13.2 Å². The third kappa shape index (κ3) is 1.63. The fourth-order valence-electron chi connectivity index (χ4n) is 1.95. The molecule has 0 N–H and O–H groups in total. The van der Waals surface area contributed by atoms with Crippen LogP contribution in [-0.2, 0) is 23.7 Å². The first kappa shape index (κ1) is 9.89. The van der Waals surface area contributed by atoms with E-state index in [1.807, 2.05) is 0 Å². The number of hydrogen-bond acceptors (Lipinski definition) is 5. The van der Waals surface area contributed by atoms with Gasteiger partial charge >= 0.3 is 5.97 Å². The van der Waals surface area contributed by atoms with Crippen LogP contribution in [0, 0.1) is 0 Å². The summed E-state index contributed by atoms with van der Waals surface area (Å²) >= 11 is 0. The molecule has 0 aromatic rings. The molecular weight excluding hydrogens is 188 g/mol. The van der Waals surface area contributed by atoms with E-state index in [1.165, 1.54) is 6.92 Å². The van der Waals surface area contributed by atoms with E-state index in [4.69, 9.17) is 18.9 Å². The van der Waals surface area contributed by atoms with Crippen molar-refractivity contribution in [2.24, 2.45) is 0 Å². The topological polar surface area (TPSA) is 54.0 Å². The van der Waals surface area contributed by atoms with Gasteiger partial charge in [-0.15, -0.1) is 0 Å². The molecule has 0 aliphatic carbocycles. The second-order valence-corrected chi connectivity index (χ2v) is 3.52. The number of rotatable bonds is 2. The van der Waals surface area contributed by atoms with Gasteiger partial charge in [-0.3, -0.25) is 4.79 Å². The van der Waals surface area contributed by atoms with E-state index in [2.05, 4.69) is 0 Å². The van der Waals surface area contributed by atoms with E-state index in [9.17, 15) is 4.79 Å². The molecule has 5 heteroatoms. The molecule has 80 valence electrons. The molecule has 14 heavy (non-hydrogen) atoms. The Labute approximate surface area is 82.3 Å². The Morgan fingerprint density at radius 1 is 1.21 bits per heavy atom. The van der Waals surface area contributed by atoms with Crippen LogP contribution in [0.5, 0.6) is 0 Å². The van der Waals surface area contributed by atoms with Gasteiger partial charge in [0, 0.05) is 14.0 Å². The summed E-state index contributed by atoms with van der Waals surface area (Å²) in [5.74, 6) is -0.302. The third-order valence-electron chi connectivity index (χ3n) is 2.58. The maximum atomic E-state index is 10.8. The fourth-order valence-corrected chi connectivity index (χ4v) is 1.95. The van der Waals surface area contributed by atoms with E-state index in [-0.39, 0.29) is 30.4 Å². The van der Waals surface area contributed by atoms with E-state index in [0.29, 0.717) is 13.2 Å². The zero-order valence-electron chi connectivity index (χ0n) is 8.26. The minimum Gasteiger partial charge on any atom is -0.457 e. The summed E-state index contributed by atoms with van der Waals surface area (Å²) < 4.78 is 21.2. The Hall–Kier alpha value is -0.650. The lowest BCUT2D eigenvalue weighted by atomic mass is 10.1. The minimum absolute atomic E-state index is 0.0411. The van der Waals surface area contributed by atoms with Crippen LogP contribution in [0.25, 0.3) is 0 Å². The number of carbonyl (C=O) groups excluding carboxylic acids is 1. The van der Waals surface area contributed by atoms with Crippen LogP contribution in [0.2, 0.25) is 0 Å². The zero-order chi connectivity index (χ0) is 10.1. The van der Waals surface area contributed by atoms with Crippen molar-refractivity contribution >= 4 is 5.97 Å². The molecule has 2 heterocycles. The molecule has 0 aromatic carbocycles. The number of esters is 1. The van der Waals surface area contributed by atoms with Crippen LogP contribution >= 0.6 is 0 Å². The molecule has 2 aliphatic heterocycles. The van der Waals surface area contributed by atoms with Gasteiger partial charge in [0.1, 0.15) is 18.3 Å². The zero-order valence-corrected chi connectivity index (χ0v) is 8.26. The van der Waals surface area contributed by atoms with Crippen LogP contribution in [0.15, 0.2) is 0 Å². The Kier molecular flexibility index (Phi) is 2.71. The molecule has 5 nitrogen and oxygen atoms in total. The summed E-state index contributed by atoms with van der Waals surface area (Å²) in [6.07, 6.45) is -0.577. The van der Waals surface area contributed by atoms with E-state index < -0.39 is 0 Å². The molecule has 2 rings (SSSR count). The maximum absolute atomic E-state index is 10.8. The van der Waals surface area contributed by atoms with E-state index in [1.54, 1.807) is 7.11 Å². The number of fused-ring (bicyclic) bond motifs is 1. The molecular formula is C9H14O5. The lowest BCUT2D eigenvalue weighted by molar-refractivity contribution is -0.151. The molecule has 2 fully saturated rings.